The predicted octanol–water partition coefficient (Wildman–Crippen LogP) is 3.91. The van der Waals surface area contributed by atoms with Crippen LogP contribution in [0.5, 0.6) is 0 Å². The minimum Gasteiger partial charge on any atom is -0.466 e. The van der Waals surface area contributed by atoms with Crippen LogP contribution in [0.25, 0.3) is 0 Å². The van der Waals surface area contributed by atoms with Crippen molar-refractivity contribution < 1.29 is 36.6 Å². The third kappa shape index (κ3) is 7.61. The van der Waals surface area contributed by atoms with Gasteiger partial charge in [0.2, 0.25) is 0 Å². The quantitative estimate of drug-likeness (QED) is 0.321. The van der Waals surface area contributed by atoms with Crippen LogP contribution < -0.4 is 0 Å². The van der Waals surface area contributed by atoms with Gasteiger partial charge in [0.05, 0.1) is 13.2 Å². The monoisotopic (exact) mass is 354 g/mol. The molecule has 0 saturated carbocycles. The van der Waals surface area contributed by atoms with Crippen LogP contribution in [0.2, 0.25) is 0 Å². The van der Waals surface area contributed by atoms with Crippen molar-refractivity contribution in [1.29, 1.82) is 0 Å². The van der Waals surface area contributed by atoms with Crippen molar-refractivity contribution in [2.75, 3.05) is 13.2 Å². The number of esters is 2. The molecule has 0 bridgehead atoms. The zero-order valence-corrected chi connectivity index (χ0v) is 13.7. The lowest BCUT2D eigenvalue weighted by Gasteiger charge is -2.22. The molecule has 8 heteroatoms. The molecule has 1 atom stereocenters. The summed E-state index contributed by atoms with van der Waals surface area (Å²) in [6.07, 6.45) is 0.581. The van der Waals surface area contributed by atoms with Gasteiger partial charge in [-0.25, -0.2) is 13.6 Å². The highest BCUT2D eigenvalue weighted by molar-refractivity contribution is 5.77. The van der Waals surface area contributed by atoms with Gasteiger partial charge in [-0.2, -0.15) is 8.78 Å². The largest absolute Gasteiger partial charge is 0.466 e. The van der Waals surface area contributed by atoms with Crippen LogP contribution in [-0.4, -0.2) is 37.0 Å². The highest BCUT2D eigenvalue weighted by Crippen LogP contribution is 2.32. The van der Waals surface area contributed by atoms with Gasteiger partial charge >= 0.3 is 17.9 Å². The number of carbonyl (C=O) groups is 2. The van der Waals surface area contributed by atoms with Crippen molar-refractivity contribution in [2.24, 2.45) is 5.92 Å². The normalized spacial score (nSPS) is 13.6. The average Bonchev–Trinajstić information content (AvgIpc) is 2.46. The first kappa shape index (κ1) is 22.1. The van der Waals surface area contributed by atoms with Crippen molar-refractivity contribution in [2.45, 2.75) is 45.0 Å². The van der Waals surface area contributed by atoms with E-state index in [1.165, 1.54) is 13.8 Å². The first-order valence-corrected chi connectivity index (χ1v) is 7.46. The zero-order chi connectivity index (χ0) is 18.8. The minimum absolute atomic E-state index is 0.0173. The van der Waals surface area contributed by atoms with E-state index in [1.54, 1.807) is 0 Å². The number of halogens is 4. The second-order valence-electron chi connectivity index (χ2n) is 4.92. The van der Waals surface area contributed by atoms with E-state index in [4.69, 9.17) is 0 Å². The molecule has 0 aliphatic rings. The van der Waals surface area contributed by atoms with Crippen molar-refractivity contribution in [3.05, 3.63) is 24.8 Å². The molecule has 0 aromatic heterocycles. The van der Waals surface area contributed by atoms with E-state index < -0.39 is 42.5 Å². The molecule has 0 N–H and O–H groups in total. The third-order valence-corrected chi connectivity index (χ3v) is 3.02. The summed E-state index contributed by atoms with van der Waals surface area (Å²) in [5, 5.41) is 0. The molecule has 0 spiro atoms. The zero-order valence-electron chi connectivity index (χ0n) is 13.7. The first-order valence-electron chi connectivity index (χ1n) is 7.46. The summed E-state index contributed by atoms with van der Waals surface area (Å²) in [7, 11) is 0. The number of allylic oxidation sites excluding steroid dienone is 3. The lowest BCUT2D eigenvalue weighted by molar-refractivity contribution is -0.170. The fraction of sp³-hybridized carbons (Fsp3) is 0.625. The van der Waals surface area contributed by atoms with Crippen molar-refractivity contribution in [1.82, 2.24) is 0 Å². The average molecular weight is 354 g/mol. The fourth-order valence-electron chi connectivity index (χ4n) is 1.77. The Kier molecular flexibility index (Phi) is 9.32. The molecule has 0 fully saturated rings. The van der Waals surface area contributed by atoms with Gasteiger partial charge in [-0.05, 0) is 20.3 Å². The Morgan fingerprint density at radius 2 is 1.67 bits per heavy atom. The van der Waals surface area contributed by atoms with E-state index in [0.717, 1.165) is 18.2 Å². The first-order chi connectivity index (χ1) is 11.1. The minimum atomic E-state index is -3.72. The Morgan fingerprint density at radius 3 is 2.17 bits per heavy atom. The Bertz CT molecular complexity index is 461. The van der Waals surface area contributed by atoms with Gasteiger partial charge in [0.1, 0.15) is 6.42 Å². The topological polar surface area (TPSA) is 52.6 Å². The Balaban J connectivity index is 4.65. The van der Waals surface area contributed by atoms with Crippen molar-refractivity contribution in [3.63, 3.8) is 0 Å². The summed E-state index contributed by atoms with van der Waals surface area (Å²) in [6, 6.07) is 0. The molecule has 0 unspecified atom stereocenters. The maximum Gasteiger partial charge on any atom is 0.377 e. The SMILES string of the molecule is C=C[C@H](CC=CCC(F)(F)C(=O)OCC)C(F)(F)CC(=O)OCC. The van der Waals surface area contributed by atoms with Gasteiger partial charge in [0.15, 0.2) is 0 Å². The van der Waals surface area contributed by atoms with Crippen LogP contribution in [0.4, 0.5) is 17.6 Å². The standard InChI is InChI=1S/C16H22F4O4/c1-4-12(16(19,20)11-13(21)23-5-2)9-7-8-10-15(17,18)14(22)24-6-3/h4,7-8,12H,1,5-6,9-11H2,2-3H3/t12-/m1/s1. The van der Waals surface area contributed by atoms with Gasteiger partial charge in [0, 0.05) is 12.3 Å². The van der Waals surface area contributed by atoms with Crippen LogP contribution in [-0.2, 0) is 19.1 Å². The van der Waals surface area contributed by atoms with Crippen LogP contribution >= 0.6 is 0 Å². The molecule has 0 amide bonds. The van der Waals surface area contributed by atoms with E-state index in [1.807, 2.05) is 0 Å². The molecule has 0 aliphatic carbocycles. The summed E-state index contributed by atoms with van der Waals surface area (Å²) in [4.78, 5) is 22.2. The number of carbonyl (C=O) groups excluding carboxylic acids is 2. The molecule has 0 aliphatic heterocycles. The molecule has 4 nitrogen and oxygen atoms in total. The van der Waals surface area contributed by atoms with Crippen LogP contribution in [0, 0.1) is 5.92 Å². The summed E-state index contributed by atoms with van der Waals surface area (Å²) in [5.74, 6) is -11.3. The van der Waals surface area contributed by atoms with Crippen LogP contribution in [0.3, 0.4) is 0 Å². The molecule has 0 aromatic carbocycles. The highest BCUT2D eigenvalue weighted by Gasteiger charge is 2.41. The molecule has 0 aromatic rings. The molecular formula is C16H22F4O4. The van der Waals surface area contributed by atoms with Gasteiger partial charge in [-0.3, -0.25) is 4.79 Å². The molecule has 0 rings (SSSR count). The number of rotatable bonds is 11. The second-order valence-corrected chi connectivity index (χ2v) is 4.92. The Hall–Kier alpha value is -1.86. The number of alkyl halides is 4. The lowest BCUT2D eigenvalue weighted by atomic mass is 9.94. The fourth-order valence-corrected chi connectivity index (χ4v) is 1.77. The van der Waals surface area contributed by atoms with Gasteiger partial charge in [0.25, 0.3) is 5.92 Å². The van der Waals surface area contributed by atoms with Crippen molar-refractivity contribution >= 4 is 11.9 Å². The van der Waals surface area contributed by atoms with Gasteiger partial charge in [-0.15, -0.1) is 6.58 Å². The summed E-state index contributed by atoms with van der Waals surface area (Å²) >= 11 is 0. The number of hydrogen-bond donors (Lipinski definition) is 0. The predicted molar refractivity (Wildman–Crippen MR) is 79.8 cm³/mol. The molecule has 0 radical (unpaired) electrons. The van der Waals surface area contributed by atoms with Gasteiger partial charge in [-0.1, -0.05) is 18.2 Å². The summed E-state index contributed by atoms with van der Waals surface area (Å²) < 4.78 is 63.2. The lowest BCUT2D eigenvalue weighted by Crippen LogP contribution is -2.31. The Labute approximate surface area is 138 Å². The van der Waals surface area contributed by atoms with Gasteiger partial charge < -0.3 is 9.47 Å². The van der Waals surface area contributed by atoms with Crippen LogP contribution in [0.1, 0.15) is 33.1 Å². The smallest absolute Gasteiger partial charge is 0.377 e. The molecule has 138 valence electrons. The maximum absolute atomic E-state index is 13.9. The highest BCUT2D eigenvalue weighted by atomic mass is 19.3. The number of ether oxygens (including phenoxy) is 2. The van der Waals surface area contributed by atoms with E-state index in [2.05, 4.69) is 16.1 Å². The second kappa shape index (κ2) is 10.1. The van der Waals surface area contributed by atoms with Crippen LogP contribution in [0.15, 0.2) is 24.8 Å². The third-order valence-electron chi connectivity index (χ3n) is 3.02. The molecule has 24 heavy (non-hydrogen) atoms. The van der Waals surface area contributed by atoms with E-state index >= 15 is 0 Å². The molecule has 0 saturated heterocycles. The molecular weight excluding hydrogens is 332 g/mol. The number of hydrogen-bond acceptors (Lipinski definition) is 4. The van der Waals surface area contributed by atoms with Crippen molar-refractivity contribution in [3.8, 4) is 0 Å². The summed E-state index contributed by atoms with van der Waals surface area (Å²) in [6.45, 7) is 5.96. The Morgan fingerprint density at radius 1 is 1.08 bits per heavy atom. The van der Waals surface area contributed by atoms with E-state index in [0.29, 0.717) is 0 Å². The summed E-state index contributed by atoms with van der Waals surface area (Å²) in [5.41, 5.74) is 0. The molecule has 0 heterocycles. The maximum atomic E-state index is 13.9. The van der Waals surface area contributed by atoms with E-state index in [9.17, 15) is 27.2 Å². The van der Waals surface area contributed by atoms with E-state index in [-0.39, 0.29) is 19.6 Å².